The van der Waals surface area contributed by atoms with Crippen LogP contribution in [0.1, 0.15) is 34.2 Å². The summed E-state index contributed by atoms with van der Waals surface area (Å²) in [7, 11) is 4.00. The number of carbonyl (C=O) groups excluding carboxylic acids is 1. The average Bonchev–Trinajstić information content (AvgIpc) is 3.30. The highest BCUT2D eigenvalue weighted by Gasteiger charge is 2.30. The van der Waals surface area contributed by atoms with Crippen LogP contribution in [0, 0.1) is 6.92 Å². The van der Waals surface area contributed by atoms with E-state index in [0.717, 1.165) is 29.1 Å². The fourth-order valence-corrected chi connectivity index (χ4v) is 3.42. The molecule has 1 atom stereocenters. The first-order chi connectivity index (χ1) is 12.5. The second-order valence-corrected chi connectivity index (χ2v) is 6.96. The van der Waals surface area contributed by atoms with Gasteiger partial charge in [-0.3, -0.25) is 9.78 Å². The van der Waals surface area contributed by atoms with E-state index in [9.17, 15) is 4.79 Å². The first-order valence-electron chi connectivity index (χ1n) is 8.76. The minimum absolute atomic E-state index is 0.0603. The standard InChI is InChI=1S/C19H22N6O/c1-13-9-21-15(10-20-13)19(26)25-8-6-14(11-25)16-12-24-7-4-5-17(24)18(22-16)23(2)3/h4-5,7,9-10,12,14H,6,8,11H2,1-3H3/t14-/m0/s1. The number of likely N-dealkylation sites (tertiary alicyclic amines) is 1. The number of nitrogens with zero attached hydrogens (tertiary/aromatic N) is 6. The number of fused-ring (bicyclic) bond motifs is 1. The van der Waals surface area contributed by atoms with E-state index in [-0.39, 0.29) is 11.8 Å². The molecule has 1 amide bonds. The SMILES string of the molecule is Cc1cnc(C(=O)N2CC[C@H](c3cn4cccc4c(N(C)C)n3)C2)cn1. The normalized spacial score (nSPS) is 17.0. The molecule has 1 aliphatic heterocycles. The Morgan fingerprint density at radius 2 is 2.12 bits per heavy atom. The number of hydrogen-bond acceptors (Lipinski definition) is 5. The Kier molecular flexibility index (Phi) is 4.06. The highest BCUT2D eigenvalue weighted by atomic mass is 16.2. The third kappa shape index (κ3) is 2.89. The number of aryl methyl sites for hydroxylation is 1. The Labute approximate surface area is 152 Å². The van der Waals surface area contributed by atoms with Crippen molar-refractivity contribution in [2.45, 2.75) is 19.3 Å². The van der Waals surface area contributed by atoms with Crippen LogP contribution < -0.4 is 4.90 Å². The molecule has 7 heteroatoms. The zero-order valence-corrected chi connectivity index (χ0v) is 15.3. The van der Waals surface area contributed by atoms with E-state index in [1.165, 1.54) is 0 Å². The number of aromatic nitrogens is 4. The van der Waals surface area contributed by atoms with Gasteiger partial charge in [-0.25, -0.2) is 9.97 Å². The Morgan fingerprint density at radius 3 is 2.85 bits per heavy atom. The zero-order valence-electron chi connectivity index (χ0n) is 15.3. The van der Waals surface area contributed by atoms with Gasteiger partial charge in [0.2, 0.25) is 0 Å². The number of hydrogen-bond donors (Lipinski definition) is 0. The molecule has 4 rings (SSSR count). The van der Waals surface area contributed by atoms with Gasteiger partial charge in [-0.2, -0.15) is 0 Å². The summed E-state index contributed by atoms with van der Waals surface area (Å²) in [6.45, 7) is 3.22. The van der Waals surface area contributed by atoms with Gasteiger partial charge in [0.05, 0.1) is 23.1 Å². The van der Waals surface area contributed by atoms with Crippen LogP contribution in [0.2, 0.25) is 0 Å². The summed E-state index contributed by atoms with van der Waals surface area (Å²) in [5.74, 6) is 1.11. The molecule has 0 bridgehead atoms. The van der Waals surface area contributed by atoms with Crippen LogP contribution in [0.25, 0.3) is 5.52 Å². The van der Waals surface area contributed by atoms with Crippen LogP contribution >= 0.6 is 0 Å². The Hall–Kier alpha value is -2.96. The maximum absolute atomic E-state index is 12.7. The van der Waals surface area contributed by atoms with Gasteiger partial charge in [0.25, 0.3) is 5.91 Å². The minimum atomic E-state index is -0.0603. The Balaban J connectivity index is 1.58. The van der Waals surface area contributed by atoms with Gasteiger partial charge >= 0.3 is 0 Å². The molecule has 0 aliphatic carbocycles. The summed E-state index contributed by atoms with van der Waals surface area (Å²) in [6.07, 6.45) is 8.20. The summed E-state index contributed by atoms with van der Waals surface area (Å²) in [6, 6.07) is 4.08. The van der Waals surface area contributed by atoms with E-state index in [2.05, 4.69) is 26.6 Å². The highest BCUT2D eigenvalue weighted by molar-refractivity contribution is 5.92. The van der Waals surface area contributed by atoms with Crippen molar-refractivity contribution >= 4 is 17.2 Å². The zero-order chi connectivity index (χ0) is 18.3. The average molecular weight is 350 g/mol. The van der Waals surface area contributed by atoms with E-state index in [1.807, 2.05) is 43.1 Å². The molecule has 0 N–H and O–H groups in total. The van der Waals surface area contributed by atoms with E-state index in [1.54, 1.807) is 12.4 Å². The van der Waals surface area contributed by atoms with Crippen molar-refractivity contribution in [1.82, 2.24) is 24.3 Å². The lowest BCUT2D eigenvalue weighted by molar-refractivity contribution is 0.0784. The van der Waals surface area contributed by atoms with E-state index >= 15 is 0 Å². The fraction of sp³-hybridized carbons (Fsp3) is 0.368. The van der Waals surface area contributed by atoms with Crippen molar-refractivity contribution in [2.24, 2.45) is 0 Å². The molecular formula is C19H22N6O. The highest BCUT2D eigenvalue weighted by Crippen LogP contribution is 2.29. The maximum atomic E-state index is 12.7. The van der Waals surface area contributed by atoms with Gasteiger partial charge in [0, 0.05) is 51.7 Å². The molecule has 1 aliphatic rings. The third-order valence-corrected chi connectivity index (χ3v) is 4.83. The van der Waals surface area contributed by atoms with Gasteiger partial charge in [0.15, 0.2) is 5.82 Å². The number of amides is 1. The smallest absolute Gasteiger partial charge is 0.274 e. The second kappa shape index (κ2) is 6.40. The largest absolute Gasteiger partial charge is 0.361 e. The summed E-state index contributed by atoms with van der Waals surface area (Å²) >= 11 is 0. The lowest BCUT2D eigenvalue weighted by Crippen LogP contribution is -2.29. The molecule has 26 heavy (non-hydrogen) atoms. The summed E-state index contributed by atoms with van der Waals surface area (Å²) in [5, 5.41) is 0. The first-order valence-corrected chi connectivity index (χ1v) is 8.76. The molecule has 3 aromatic rings. The Morgan fingerprint density at radius 1 is 1.27 bits per heavy atom. The first kappa shape index (κ1) is 16.5. The molecule has 0 radical (unpaired) electrons. The van der Waals surface area contributed by atoms with Crippen molar-refractivity contribution in [3.63, 3.8) is 0 Å². The molecule has 134 valence electrons. The molecule has 0 spiro atoms. The molecule has 4 heterocycles. The summed E-state index contributed by atoms with van der Waals surface area (Å²) in [4.78, 5) is 29.8. The van der Waals surface area contributed by atoms with E-state index in [0.29, 0.717) is 18.8 Å². The van der Waals surface area contributed by atoms with Crippen LogP contribution in [-0.2, 0) is 0 Å². The van der Waals surface area contributed by atoms with Gasteiger partial charge < -0.3 is 14.2 Å². The predicted molar refractivity (Wildman–Crippen MR) is 99.5 cm³/mol. The van der Waals surface area contributed by atoms with Gasteiger partial charge in [-0.1, -0.05) is 0 Å². The molecule has 0 unspecified atom stereocenters. The predicted octanol–water partition coefficient (Wildman–Crippen LogP) is 2.13. The van der Waals surface area contributed by atoms with E-state index in [4.69, 9.17) is 4.98 Å². The lowest BCUT2D eigenvalue weighted by Gasteiger charge is -2.18. The van der Waals surface area contributed by atoms with Crippen LogP contribution in [-0.4, -0.2) is 57.3 Å². The third-order valence-electron chi connectivity index (χ3n) is 4.83. The lowest BCUT2D eigenvalue weighted by atomic mass is 10.1. The monoisotopic (exact) mass is 350 g/mol. The second-order valence-electron chi connectivity index (χ2n) is 6.96. The summed E-state index contributed by atoms with van der Waals surface area (Å²) < 4.78 is 2.10. The van der Waals surface area contributed by atoms with Gasteiger partial charge in [-0.15, -0.1) is 0 Å². The van der Waals surface area contributed by atoms with E-state index < -0.39 is 0 Å². The molecule has 0 aromatic carbocycles. The quantitative estimate of drug-likeness (QED) is 0.724. The molecule has 3 aromatic heterocycles. The minimum Gasteiger partial charge on any atom is -0.361 e. The van der Waals surface area contributed by atoms with Crippen molar-refractivity contribution < 1.29 is 4.79 Å². The summed E-state index contributed by atoms with van der Waals surface area (Å²) in [5.41, 5.74) is 3.31. The van der Waals surface area contributed by atoms with Gasteiger partial charge in [0.1, 0.15) is 5.69 Å². The van der Waals surface area contributed by atoms with Gasteiger partial charge in [-0.05, 0) is 25.5 Å². The van der Waals surface area contributed by atoms with Crippen LogP contribution in [0.15, 0.2) is 36.9 Å². The topological polar surface area (TPSA) is 66.6 Å². The van der Waals surface area contributed by atoms with Crippen LogP contribution in [0.3, 0.4) is 0 Å². The molecule has 0 saturated carbocycles. The van der Waals surface area contributed by atoms with Crippen LogP contribution in [0.4, 0.5) is 5.82 Å². The Bertz CT molecular complexity index is 946. The molecule has 7 nitrogen and oxygen atoms in total. The molecule has 1 fully saturated rings. The molecule has 1 saturated heterocycles. The van der Waals surface area contributed by atoms with Crippen LogP contribution in [0.5, 0.6) is 0 Å². The van der Waals surface area contributed by atoms with Crippen molar-refractivity contribution in [3.05, 3.63) is 54.0 Å². The number of rotatable bonds is 3. The fourth-order valence-electron chi connectivity index (χ4n) is 3.42. The van der Waals surface area contributed by atoms with Crippen molar-refractivity contribution in [2.75, 3.05) is 32.1 Å². The number of anilines is 1. The number of carbonyl (C=O) groups is 1. The van der Waals surface area contributed by atoms with Crippen molar-refractivity contribution in [3.8, 4) is 0 Å². The molecular weight excluding hydrogens is 328 g/mol. The maximum Gasteiger partial charge on any atom is 0.274 e. The van der Waals surface area contributed by atoms with Crippen molar-refractivity contribution in [1.29, 1.82) is 0 Å².